The van der Waals surface area contributed by atoms with Gasteiger partial charge >= 0.3 is 0 Å². The standard InChI is InChI=1S/C19H23N5O5S/c1-24(2)11-17(25)22-13-5-7-14(8-6-13)29-15-9-4-12(18(26)23-19(20)21)10-16(15)30(3,27)28/h4-10H,11H2,1-3H3,(H,22,25)(H4,20,21,23,26). The number of nitrogens with zero attached hydrogens (tertiary/aromatic N) is 1. The zero-order chi connectivity index (χ0) is 22.5. The topological polar surface area (TPSA) is 155 Å². The minimum Gasteiger partial charge on any atom is -0.456 e. The summed E-state index contributed by atoms with van der Waals surface area (Å²) in [6.45, 7) is 0.236. The molecule has 2 rings (SSSR count). The fourth-order valence-electron chi connectivity index (χ4n) is 2.44. The van der Waals surface area contributed by atoms with E-state index < -0.39 is 21.7 Å². The molecular weight excluding hydrogens is 410 g/mol. The molecule has 2 amide bonds. The maximum atomic E-state index is 12.2. The Labute approximate surface area is 174 Å². The summed E-state index contributed by atoms with van der Waals surface area (Å²) in [5.74, 6) is -1.07. The fourth-order valence-corrected chi connectivity index (χ4v) is 3.26. The lowest BCUT2D eigenvalue weighted by Gasteiger charge is -2.13. The Morgan fingerprint density at radius 1 is 1.13 bits per heavy atom. The summed E-state index contributed by atoms with van der Waals surface area (Å²) in [5, 5.41) is 11.9. The molecule has 0 saturated carbocycles. The Kier molecular flexibility index (Phi) is 7.14. The fraction of sp³-hybridized carbons (Fsp3) is 0.211. The molecule has 0 fully saturated rings. The molecule has 2 aromatic carbocycles. The van der Waals surface area contributed by atoms with Gasteiger partial charge in [0.15, 0.2) is 15.8 Å². The molecule has 0 unspecified atom stereocenters. The average Bonchev–Trinajstić information content (AvgIpc) is 2.61. The Bertz CT molecular complexity index is 1070. The predicted molar refractivity (Wildman–Crippen MR) is 113 cm³/mol. The van der Waals surface area contributed by atoms with Gasteiger partial charge in [0.1, 0.15) is 16.4 Å². The summed E-state index contributed by atoms with van der Waals surface area (Å²) in [7, 11) is -0.160. The second kappa shape index (κ2) is 9.37. The van der Waals surface area contributed by atoms with Gasteiger partial charge in [-0.15, -0.1) is 0 Å². The number of benzene rings is 2. The van der Waals surface area contributed by atoms with Gasteiger partial charge in [-0.3, -0.25) is 20.3 Å². The number of nitrogens with two attached hydrogens (primary N) is 1. The number of amides is 2. The van der Waals surface area contributed by atoms with Crippen molar-refractivity contribution in [2.45, 2.75) is 4.90 Å². The molecule has 0 radical (unpaired) electrons. The number of ether oxygens (including phenoxy) is 1. The second-order valence-corrected chi connectivity index (χ2v) is 8.70. The number of carbonyl (C=O) groups excluding carboxylic acids is 2. The molecule has 0 aliphatic carbocycles. The number of likely N-dealkylation sites (N-methyl/N-ethyl adjacent to an activating group) is 1. The predicted octanol–water partition coefficient (Wildman–Crippen LogP) is 1.01. The van der Waals surface area contributed by atoms with Crippen LogP contribution in [-0.4, -0.2) is 58.0 Å². The molecule has 0 spiro atoms. The third-order valence-corrected chi connectivity index (χ3v) is 4.80. The number of sulfone groups is 1. The van der Waals surface area contributed by atoms with Crippen molar-refractivity contribution in [3.8, 4) is 11.5 Å². The Hall–Kier alpha value is -3.44. The maximum absolute atomic E-state index is 12.2. The van der Waals surface area contributed by atoms with Crippen molar-refractivity contribution in [3.63, 3.8) is 0 Å². The molecule has 5 N–H and O–H groups in total. The van der Waals surface area contributed by atoms with Crippen LogP contribution in [0, 0.1) is 5.41 Å². The maximum Gasteiger partial charge on any atom is 0.257 e. The van der Waals surface area contributed by atoms with E-state index in [4.69, 9.17) is 15.9 Å². The first-order valence-corrected chi connectivity index (χ1v) is 10.6. The summed E-state index contributed by atoms with van der Waals surface area (Å²) in [4.78, 5) is 25.3. The van der Waals surface area contributed by atoms with Crippen LogP contribution in [0.25, 0.3) is 0 Å². The highest BCUT2D eigenvalue weighted by Crippen LogP contribution is 2.30. The van der Waals surface area contributed by atoms with E-state index >= 15 is 0 Å². The van der Waals surface area contributed by atoms with Gasteiger partial charge in [-0.05, 0) is 56.6 Å². The largest absolute Gasteiger partial charge is 0.456 e. The lowest BCUT2D eigenvalue weighted by Crippen LogP contribution is -2.35. The van der Waals surface area contributed by atoms with Gasteiger partial charge in [0, 0.05) is 17.5 Å². The molecular formula is C19H23N5O5S. The lowest BCUT2D eigenvalue weighted by atomic mass is 10.2. The Morgan fingerprint density at radius 3 is 2.30 bits per heavy atom. The van der Waals surface area contributed by atoms with Crippen LogP contribution in [-0.2, 0) is 14.6 Å². The number of nitrogens with one attached hydrogen (secondary N) is 3. The van der Waals surface area contributed by atoms with Gasteiger partial charge in [-0.25, -0.2) is 8.42 Å². The summed E-state index contributed by atoms with van der Waals surface area (Å²) in [6.07, 6.45) is 0.991. The molecule has 10 nitrogen and oxygen atoms in total. The first-order chi connectivity index (χ1) is 14.0. The molecule has 2 aromatic rings. The van der Waals surface area contributed by atoms with Crippen molar-refractivity contribution in [2.24, 2.45) is 5.73 Å². The van der Waals surface area contributed by atoms with Crippen LogP contribution in [0.15, 0.2) is 47.4 Å². The first-order valence-electron chi connectivity index (χ1n) is 8.67. The van der Waals surface area contributed by atoms with Crippen molar-refractivity contribution in [1.82, 2.24) is 10.2 Å². The molecule has 160 valence electrons. The SMILES string of the molecule is CN(C)CC(=O)Nc1ccc(Oc2ccc(C(=O)NC(=N)N)cc2S(C)(=O)=O)cc1. The highest BCUT2D eigenvalue weighted by molar-refractivity contribution is 7.90. The van der Waals surface area contributed by atoms with Crippen LogP contribution in [0.3, 0.4) is 0 Å². The monoisotopic (exact) mass is 433 g/mol. The number of hydrogen-bond acceptors (Lipinski definition) is 7. The van der Waals surface area contributed by atoms with Gasteiger partial charge < -0.3 is 20.7 Å². The van der Waals surface area contributed by atoms with Crippen LogP contribution in [0.5, 0.6) is 11.5 Å². The van der Waals surface area contributed by atoms with Crippen LogP contribution in [0.2, 0.25) is 0 Å². The number of hydrogen-bond donors (Lipinski definition) is 4. The molecule has 0 heterocycles. The zero-order valence-corrected chi connectivity index (χ0v) is 17.5. The number of carbonyl (C=O) groups is 2. The number of rotatable bonds is 7. The molecule has 0 atom stereocenters. The smallest absolute Gasteiger partial charge is 0.257 e. The molecule has 0 aliphatic heterocycles. The van der Waals surface area contributed by atoms with Gasteiger partial charge in [0.05, 0.1) is 6.54 Å². The van der Waals surface area contributed by atoms with Crippen LogP contribution >= 0.6 is 0 Å². The van der Waals surface area contributed by atoms with E-state index in [1.54, 1.807) is 43.3 Å². The van der Waals surface area contributed by atoms with Crippen LogP contribution in [0.1, 0.15) is 10.4 Å². The quantitative estimate of drug-likeness (QED) is 0.375. The average molecular weight is 433 g/mol. The zero-order valence-electron chi connectivity index (χ0n) is 16.7. The van der Waals surface area contributed by atoms with E-state index in [2.05, 4.69) is 10.6 Å². The molecule has 0 aromatic heterocycles. The highest BCUT2D eigenvalue weighted by Gasteiger charge is 2.19. The van der Waals surface area contributed by atoms with Crippen LogP contribution < -0.4 is 21.1 Å². The minimum atomic E-state index is -3.73. The van der Waals surface area contributed by atoms with Gasteiger partial charge in [0.2, 0.25) is 5.91 Å². The minimum absolute atomic E-state index is 0.0110. The van der Waals surface area contributed by atoms with E-state index in [-0.39, 0.29) is 28.7 Å². The normalized spacial score (nSPS) is 11.1. The summed E-state index contributed by atoms with van der Waals surface area (Å²) >= 11 is 0. The summed E-state index contributed by atoms with van der Waals surface area (Å²) in [6, 6.07) is 10.3. The Morgan fingerprint density at radius 2 is 1.77 bits per heavy atom. The van der Waals surface area contributed by atoms with Crippen LogP contribution in [0.4, 0.5) is 5.69 Å². The first kappa shape index (κ1) is 22.8. The highest BCUT2D eigenvalue weighted by atomic mass is 32.2. The second-order valence-electron chi connectivity index (χ2n) is 6.71. The van der Waals surface area contributed by atoms with Crippen molar-refractivity contribution in [1.29, 1.82) is 5.41 Å². The molecule has 0 bridgehead atoms. The van der Waals surface area contributed by atoms with Crippen molar-refractivity contribution < 1.29 is 22.7 Å². The van der Waals surface area contributed by atoms with E-state index in [0.717, 1.165) is 12.3 Å². The van der Waals surface area contributed by atoms with Gasteiger partial charge in [-0.2, -0.15) is 0 Å². The van der Waals surface area contributed by atoms with E-state index in [1.165, 1.54) is 12.1 Å². The molecule has 0 saturated heterocycles. The lowest BCUT2D eigenvalue weighted by molar-refractivity contribution is -0.116. The summed E-state index contributed by atoms with van der Waals surface area (Å²) in [5.41, 5.74) is 5.71. The van der Waals surface area contributed by atoms with E-state index in [1.807, 2.05) is 0 Å². The molecule has 11 heteroatoms. The van der Waals surface area contributed by atoms with Crippen molar-refractivity contribution in [3.05, 3.63) is 48.0 Å². The van der Waals surface area contributed by atoms with Crippen molar-refractivity contribution in [2.75, 3.05) is 32.2 Å². The number of anilines is 1. The van der Waals surface area contributed by atoms with E-state index in [0.29, 0.717) is 11.4 Å². The van der Waals surface area contributed by atoms with Gasteiger partial charge in [-0.1, -0.05) is 0 Å². The summed E-state index contributed by atoms with van der Waals surface area (Å²) < 4.78 is 30.0. The third kappa shape index (κ3) is 6.57. The Balaban J connectivity index is 2.24. The van der Waals surface area contributed by atoms with E-state index in [9.17, 15) is 18.0 Å². The number of guanidine groups is 1. The van der Waals surface area contributed by atoms with Gasteiger partial charge in [0.25, 0.3) is 5.91 Å². The molecule has 0 aliphatic rings. The molecule has 30 heavy (non-hydrogen) atoms. The third-order valence-electron chi connectivity index (χ3n) is 3.68. The van der Waals surface area contributed by atoms with Crippen molar-refractivity contribution >= 4 is 33.3 Å².